The second-order valence-corrected chi connectivity index (χ2v) is 4.90. The first-order valence-electron chi connectivity index (χ1n) is 6.35. The minimum Gasteiger partial charge on any atom is -0.497 e. The molecule has 1 atom stereocenters. The third kappa shape index (κ3) is 3.08. The van der Waals surface area contributed by atoms with Crippen molar-refractivity contribution in [2.75, 3.05) is 20.8 Å². The lowest BCUT2D eigenvalue weighted by Crippen LogP contribution is -2.54. The molecule has 1 fully saturated rings. The Hall–Kier alpha value is -2.08. The number of hydrogen-bond donors (Lipinski definition) is 1. The summed E-state index contributed by atoms with van der Waals surface area (Å²) in [5, 5.41) is 9.03. The normalized spacial score (nSPS) is 20.0. The maximum atomic E-state index is 12.0. The highest BCUT2D eigenvalue weighted by atomic mass is 16.5. The van der Waals surface area contributed by atoms with Gasteiger partial charge in [0.2, 0.25) is 5.91 Å². The predicted octanol–water partition coefficient (Wildman–Crippen LogP) is 0.770. The van der Waals surface area contributed by atoms with Gasteiger partial charge in [-0.1, -0.05) is 12.1 Å². The summed E-state index contributed by atoms with van der Waals surface area (Å²) in [7, 11) is 3.32. The smallest absolute Gasteiger partial charge is 0.321 e. The molecule has 0 saturated carbocycles. The van der Waals surface area contributed by atoms with E-state index < -0.39 is 12.0 Å². The molecule has 0 unspecified atom stereocenters. The van der Waals surface area contributed by atoms with Crippen molar-refractivity contribution in [3.63, 3.8) is 0 Å². The molecule has 6 nitrogen and oxygen atoms in total. The van der Waals surface area contributed by atoms with Crippen molar-refractivity contribution >= 4 is 11.9 Å². The second kappa shape index (κ2) is 5.92. The van der Waals surface area contributed by atoms with Crippen molar-refractivity contribution in [1.29, 1.82) is 0 Å². The molecule has 1 amide bonds. The summed E-state index contributed by atoms with van der Waals surface area (Å²) in [6.07, 6.45) is 0.0159. The quantitative estimate of drug-likeness (QED) is 0.881. The van der Waals surface area contributed by atoms with Gasteiger partial charge in [0.1, 0.15) is 11.8 Å². The molecule has 0 aromatic heterocycles. The molecule has 1 aromatic rings. The molecule has 0 aliphatic carbocycles. The maximum absolute atomic E-state index is 12.0. The van der Waals surface area contributed by atoms with E-state index in [-0.39, 0.29) is 12.3 Å². The molecule has 1 aliphatic heterocycles. The lowest BCUT2D eigenvalue weighted by Gasteiger charge is -2.37. The Morgan fingerprint density at radius 1 is 1.40 bits per heavy atom. The number of rotatable bonds is 4. The van der Waals surface area contributed by atoms with Crippen LogP contribution in [0.15, 0.2) is 24.3 Å². The van der Waals surface area contributed by atoms with E-state index >= 15 is 0 Å². The summed E-state index contributed by atoms with van der Waals surface area (Å²) in [4.78, 5) is 26.3. The molecule has 0 bridgehead atoms. The van der Waals surface area contributed by atoms with Crippen LogP contribution in [0.1, 0.15) is 12.0 Å². The molecule has 108 valence electrons. The zero-order valence-electron chi connectivity index (χ0n) is 11.6. The van der Waals surface area contributed by atoms with E-state index in [0.717, 1.165) is 11.3 Å². The zero-order valence-corrected chi connectivity index (χ0v) is 11.6. The number of amides is 1. The molecule has 1 aliphatic rings. The first-order valence-corrected chi connectivity index (χ1v) is 6.35. The molecular formula is C14H18N2O4. The number of ether oxygens (including phenoxy) is 1. The van der Waals surface area contributed by atoms with E-state index in [4.69, 9.17) is 9.84 Å². The fourth-order valence-corrected chi connectivity index (χ4v) is 2.26. The van der Waals surface area contributed by atoms with Gasteiger partial charge in [0.05, 0.1) is 20.2 Å². The van der Waals surface area contributed by atoms with Gasteiger partial charge in [-0.05, 0) is 24.7 Å². The summed E-state index contributed by atoms with van der Waals surface area (Å²) in [6, 6.07) is 6.75. The number of carbonyl (C=O) groups is 2. The van der Waals surface area contributed by atoms with Gasteiger partial charge in [-0.25, -0.2) is 0 Å². The Morgan fingerprint density at radius 2 is 2.05 bits per heavy atom. The van der Waals surface area contributed by atoms with Crippen molar-refractivity contribution in [2.45, 2.75) is 19.0 Å². The highest BCUT2D eigenvalue weighted by Crippen LogP contribution is 2.18. The number of benzene rings is 1. The van der Waals surface area contributed by atoms with Crippen LogP contribution in [-0.4, -0.2) is 53.7 Å². The van der Waals surface area contributed by atoms with Crippen molar-refractivity contribution < 1.29 is 19.4 Å². The lowest BCUT2D eigenvalue weighted by molar-refractivity contribution is -0.154. The molecule has 0 radical (unpaired) electrons. The minimum atomic E-state index is -0.954. The lowest BCUT2D eigenvalue weighted by atomic mass is 10.1. The van der Waals surface area contributed by atoms with Gasteiger partial charge >= 0.3 is 5.97 Å². The summed E-state index contributed by atoms with van der Waals surface area (Å²) in [6.45, 7) is 0.793. The van der Waals surface area contributed by atoms with Crippen LogP contribution in [0.25, 0.3) is 0 Å². The number of methoxy groups -OCH3 is 1. The third-order valence-electron chi connectivity index (χ3n) is 3.46. The van der Waals surface area contributed by atoms with Gasteiger partial charge in [-0.3, -0.25) is 14.5 Å². The van der Waals surface area contributed by atoms with Gasteiger partial charge in [0, 0.05) is 6.54 Å². The fourth-order valence-electron chi connectivity index (χ4n) is 2.26. The minimum absolute atomic E-state index is 0.0159. The molecule has 6 heteroatoms. The van der Waals surface area contributed by atoms with Crippen molar-refractivity contribution in [3.05, 3.63) is 29.8 Å². The van der Waals surface area contributed by atoms with E-state index in [9.17, 15) is 9.59 Å². The number of carboxylic acid groups (broad SMARTS) is 1. The van der Waals surface area contributed by atoms with E-state index in [1.54, 1.807) is 24.0 Å². The molecule has 1 heterocycles. The first kappa shape index (κ1) is 14.3. The Kier molecular flexibility index (Phi) is 4.24. The molecule has 0 spiro atoms. The fraction of sp³-hybridized carbons (Fsp3) is 0.429. The van der Waals surface area contributed by atoms with Crippen LogP contribution in [0.4, 0.5) is 0 Å². The van der Waals surface area contributed by atoms with Gasteiger partial charge < -0.3 is 14.7 Å². The molecular weight excluding hydrogens is 260 g/mol. The molecule has 1 N–H and O–H groups in total. The number of likely N-dealkylation sites (N-methyl/N-ethyl adjacent to an activating group) is 1. The van der Waals surface area contributed by atoms with Crippen LogP contribution < -0.4 is 4.74 Å². The van der Waals surface area contributed by atoms with Crippen LogP contribution in [0.5, 0.6) is 5.75 Å². The zero-order chi connectivity index (χ0) is 14.7. The van der Waals surface area contributed by atoms with E-state index in [0.29, 0.717) is 13.2 Å². The van der Waals surface area contributed by atoms with Gasteiger partial charge in [0.25, 0.3) is 0 Å². The SMILES string of the molecule is COc1ccc(CN2CN(C)[C@@H](C(=O)O)CC2=O)cc1. The Balaban J connectivity index is 2.02. The Bertz CT molecular complexity index is 500. The van der Waals surface area contributed by atoms with E-state index in [2.05, 4.69) is 0 Å². The van der Waals surface area contributed by atoms with Gasteiger partial charge in [-0.2, -0.15) is 0 Å². The van der Waals surface area contributed by atoms with Crippen LogP contribution in [0.2, 0.25) is 0 Å². The number of hydrogen-bond acceptors (Lipinski definition) is 4. The first-order chi connectivity index (χ1) is 9.51. The second-order valence-electron chi connectivity index (χ2n) is 4.90. The third-order valence-corrected chi connectivity index (χ3v) is 3.46. The van der Waals surface area contributed by atoms with Crippen LogP contribution in [0.3, 0.4) is 0 Å². The van der Waals surface area contributed by atoms with Crippen molar-refractivity contribution in [1.82, 2.24) is 9.80 Å². The highest BCUT2D eigenvalue weighted by molar-refractivity contribution is 5.85. The standard InChI is InChI=1S/C14H18N2O4/c1-15-9-16(13(17)7-12(15)14(18)19)8-10-3-5-11(20-2)6-4-10/h3-6,12H,7-9H2,1-2H3,(H,18,19)/t12-/m1/s1. The summed E-state index contributed by atoms with van der Waals surface area (Å²) in [5.74, 6) is -0.321. The summed E-state index contributed by atoms with van der Waals surface area (Å²) < 4.78 is 5.08. The monoisotopic (exact) mass is 278 g/mol. The summed E-state index contributed by atoms with van der Waals surface area (Å²) in [5.41, 5.74) is 0.987. The molecule has 1 saturated heterocycles. The van der Waals surface area contributed by atoms with Crippen LogP contribution in [0, 0.1) is 0 Å². The topological polar surface area (TPSA) is 70.1 Å². The van der Waals surface area contributed by atoms with Crippen molar-refractivity contribution in [3.8, 4) is 5.75 Å². The highest BCUT2D eigenvalue weighted by Gasteiger charge is 2.34. The average molecular weight is 278 g/mol. The number of carboxylic acids is 1. The van der Waals surface area contributed by atoms with Crippen molar-refractivity contribution in [2.24, 2.45) is 0 Å². The Morgan fingerprint density at radius 3 is 2.60 bits per heavy atom. The number of carbonyl (C=O) groups excluding carboxylic acids is 1. The van der Waals surface area contributed by atoms with Gasteiger partial charge in [-0.15, -0.1) is 0 Å². The largest absolute Gasteiger partial charge is 0.497 e. The van der Waals surface area contributed by atoms with E-state index in [1.807, 2.05) is 24.3 Å². The van der Waals surface area contributed by atoms with Crippen LogP contribution >= 0.6 is 0 Å². The average Bonchev–Trinajstić information content (AvgIpc) is 2.43. The Labute approximate surface area is 117 Å². The number of nitrogens with zero attached hydrogens (tertiary/aromatic N) is 2. The van der Waals surface area contributed by atoms with Crippen LogP contribution in [-0.2, 0) is 16.1 Å². The van der Waals surface area contributed by atoms with Gasteiger partial charge in [0.15, 0.2) is 0 Å². The maximum Gasteiger partial charge on any atom is 0.321 e. The molecule has 1 aromatic carbocycles. The molecule has 20 heavy (non-hydrogen) atoms. The van der Waals surface area contributed by atoms with E-state index in [1.165, 1.54) is 0 Å². The predicted molar refractivity (Wildman–Crippen MR) is 72.2 cm³/mol. The molecule has 2 rings (SSSR count). The number of aliphatic carboxylic acids is 1. The summed E-state index contributed by atoms with van der Waals surface area (Å²) >= 11 is 0.